The van der Waals surface area contributed by atoms with Gasteiger partial charge in [-0.25, -0.2) is 0 Å². The van der Waals surface area contributed by atoms with Crippen molar-refractivity contribution in [3.8, 4) is 0 Å². The summed E-state index contributed by atoms with van der Waals surface area (Å²) >= 11 is 9.46. The molecule has 1 fully saturated rings. The number of benzene rings is 1. The molecule has 0 aliphatic heterocycles. The zero-order chi connectivity index (χ0) is 11.5. The molecule has 1 aromatic carbocycles. The highest BCUT2D eigenvalue weighted by molar-refractivity contribution is 9.10. The van der Waals surface area contributed by atoms with E-state index in [9.17, 15) is 0 Å². The second kappa shape index (κ2) is 5.42. The Labute approximate surface area is 111 Å². The van der Waals surface area contributed by atoms with Crippen molar-refractivity contribution in [2.45, 2.75) is 38.6 Å². The average molecular weight is 303 g/mol. The highest BCUT2D eigenvalue weighted by atomic mass is 79.9. The van der Waals surface area contributed by atoms with Gasteiger partial charge in [0.25, 0.3) is 0 Å². The van der Waals surface area contributed by atoms with Crippen molar-refractivity contribution in [2.75, 3.05) is 5.32 Å². The summed E-state index contributed by atoms with van der Waals surface area (Å²) in [6.45, 7) is 2.28. The number of hydrogen-bond acceptors (Lipinski definition) is 1. The molecule has 0 radical (unpaired) electrons. The van der Waals surface area contributed by atoms with Crippen LogP contribution in [0.5, 0.6) is 0 Å². The third-order valence-corrected chi connectivity index (χ3v) is 4.30. The van der Waals surface area contributed by atoms with Gasteiger partial charge in [-0.3, -0.25) is 0 Å². The van der Waals surface area contributed by atoms with Gasteiger partial charge < -0.3 is 5.32 Å². The van der Waals surface area contributed by atoms with Crippen molar-refractivity contribution in [1.29, 1.82) is 0 Å². The Morgan fingerprint density at radius 2 is 2.25 bits per heavy atom. The lowest BCUT2D eigenvalue weighted by molar-refractivity contribution is 0.525. The average Bonchev–Trinajstić information content (AvgIpc) is 2.70. The lowest BCUT2D eigenvalue weighted by atomic mass is 10.1. The van der Waals surface area contributed by atoms with Gasteiger partial charge in [0.2, 0.25) is 0 Å². The van der Waals surface area contributed by atoms with E-state index in [-0.39, 0.29) is 0 Å². The Bertz CT molecular complexity index is 367. The van der Waals surface area contributed by atoms with Crippen LogP contribution in [0.15, 0.2) is 22.7 Å². The number of nitrogens with one attached hydrogen (secondary N) is 1. The fourth-order valence-electron chi connectivity index (χ4n) is 2.40. The number of rotatable bonds is 3. The van der Waals surface area contributed by atoms with Gasteiger partial charge in [-0.1, -0.05) is 24.9 Å². The maximum atomic E-state index is 5.92. The van der Waals surface area contributed by atoms with Crippen molar-refractivity contribution < 1.29 is 0 Å². The molecule has 16 heavy (non-hydrogen) atoms. The molecule has 1 saturated carbocycles. The molecular weight excluding hydrogens is 286 g/mol. The molecule has 3 heteroatoms. The largest absolute Gasteiger partial charge is 0.381 e. The second-order valence-electron chi connectivity index (χ2n) is 4.55. The quantitative estimate of drug-likeness (QED) is 0.819. The maximum absolute atomic E-state index is 5.92. The molecule has 0 heterocycles. The number of hydrogen-bond donors (Lipinski definition) is 1. The van der Waals surface area contributed by atoms with Crippen molar-refractivity contribution in [1.82, 2.24) is 0 Å². The SMILES string of the molecule is CCC1CCC(Nc2ccc(Cl)cc2Br)C1. The predicted octanol–water partition coefficient (Wildman–Crippen LogP) is 5.09. The Kier molecular flexibility index (Phi) is 4.15. The van der Waals surface area contributed by atoms with Gasteiger partial charge >= 0.3 is 0 Å². The molecule has 1 aliphatic rings. The number of halogens is 2. The van der Waals surface area contributed by atoms with E-state index in [1.807, 2.05) is 18.2 Å². The first-order valence-electron chi connectivity index (χ1n) is 5.90. The molecule has 2 unspecified atom stereocenters. The topological polar surface area (TPSA) is 12.0 Å². The highest BCUT2D eigenvalue weighted by Gasteiger charge is 2.23. The monoisotopic (exact) mass is 301 g/mol. The predicted molar refractivity (Wildman–Crippen MR) is 74.2 cm³/mol. The standard InChI is InChI=1S/C13H17BrClN/c1-2-9-3-5-11(7-9)16-13-6-4-10(15)8-12(13)14/h4,6,8-9,11,16H,2-3,5,7H2,1H3. The number of anilines is 1. The summed E-state index contributed by atoms with van der Waals surface area (Å²) in [5.74, 6) is 0.906. The van der Waals surface area contributed by atoms with Gasteiger partial charge in [-0.05, 0) is 59.3 Å². The molecule has 2 atom stereocenters. The van der Waals surface area contributed by atoms with Gasteiger partial charge in [0.1, 0.15) is 0 Å². The van der Waals surface area contributed by atoms with E-state index in [1.54, 1.807) is 0 Å². The highest BCUT2D eigenvalue weighted by Crippen LogP contribution is 2.33. The molecule has 0 aromatic heterocycles. The minimum absolute atomic E-state index is 0.627. The maximum Gasteiger partial charge on any atom is 0.0487 e. The first kappa shape index (κ1) is 12.3. The van der Waals surface area contributed by atoms with E-state index in [4.69, 9.17) is 11.6 Å². The van der Waals surface area contributed by atoms with Crippen molar-refractivity contribution in [2.24, 2.45) is 5.92 Å². The van der Waals surface area contributed by atoms with Crippen LogP contribution in [-0.4, -0.2) is 6.04 Å². The lowest BCUT2D eigenvalue weighted by Crippen LogP contribution is -2.15. The fourth-order valence-corrected chi connectivity index (χ4v) is 3.20. The minimum Gasteiger partial charge on any atom is -0.381 e. The third-order valence-electron chi connectivity index (χ3n) is 3.41. The van der Waals surface area contributed by atoms with Crippen LogP contribution in [0.2, 0.25) is 5.02 Å². The Morgan fingerprint density at radius 3 is 2.88 bits per heavy atom. The summed E-state index contributed by atoms with van der Waals surface area (Å²) in [4.78, 5) is 0. The van der Waals surface area contributed by atoms with E-state index in [0.29, 0.717) is 6.04 Å². The van der Waals surface area contributed by atoms with E-state index in [0.717, 1.165) is 21.1 Å². The molecule has 88 valence electrons. The summed E-state index contributed by atoms with van der Waals surface area (Å²) in [6.07, 6.45) is 5.25. The van der Waals surface area contributed by atoms with Crippen LogP contribution in [-0.2, 0) is 0 Å². The van der Waals surface area contributed by atoms with Crippen LogP contribution in [0.4, 0.5) is 5.69 Å². The Morgan fingerprint density at radius 1 is 1.44 bits per heavy atom. The van der Waals surface area contributed by atoms with Crippen LogP contribution < -0.4 is 5.32 Å². The zero-order valence-corrected chi connectivity index (χ0v) is 11.8. The van der Waals surface area contributed by atoms with Crippen LogP contribution in [0.25, 0.3) is 0 Å². The van der Waals surface area contributed by atoms with Crippen molar-refractivity contribution in [3.63, 3.8) is 0 Å². The van der Waals surface area contributed by atoms with E-state index >= 15 is 0 Å². The van der Waals surface area contributed by atoms with E-state index < -0.39 is 0 Å². The zero-order valence-electron chi connectivity index (χ0n) is 9.47. The molecule has 1 N–H and O–H groups in total. The van der Waals surface area contributed by atoms with Crippen molar-refractivity contribution in [3.05, 3.63) is 27.7 Å². The van der Waals surface area contributed by atoms with Crippen molar-refractivity contribution >= 4 is 33.2 Å². The summed E-state index contributed by atoms with van der Waals surface area (Å²) < 4.78 is 1.06. The summed E-state index contributed by atoms with van der Waals surface area (Å²) in [6, 6.07) is 6.55. The van der Waals surface area contributed by atoms with Crippen LogP contribution in [0.3, 0.4) is 0 Å². The van der Waals surface area contributed by atoms with Crippen LogP contribution in [0.1, 0.15) is 32.6 Å². The molecule has 2 rings (SSSR count). The van der Waals surface area contributed by atoms with E-state index in [1.165, 1.54) is 25.7 Å². The van der Waals surface area contributed by atoms with Crippen LogP contribution >= 0.6 is 27.5 Å². The van der Waals surface area contributed by atoms with Gasteiger partial charge in [0.05, 0.1) is 0 Å². The third kappa shape index (κ3) is 2.92. The molecule has 0 spiro atoms. The van der Waals surface area contributed by atoms with Gasteiger partial charge in [0.15, 0.2) is 0 Å². The van der Waals surface area contributed by atoms with Gasteiger partial charge in [-0.15, -0.1) is 0 Å². The Balaban J connectivity index is 1.99. The molecule has 1 aromatic rings. The minimum atomic E-state index is 0.627. The smallest absolute Gasteiger partial charge is 0.0487 e. The fraction of sp³-hybridized carbons (Fsp3) is 0.538. The molecule has 1 aliphatic carbocycles. The molecule has 0 bridgehead atoms. The molecule has 1 nitrogen and oxygen atoms in total. The normalized spacial score (nSPS) is 24.7. The summed E-state index contributed by atoms with van der Waals surface area (Å²) in [5.41, 5.74) is 1.16. The summed E-state index contributed by atoms with van der Waals surface area (Å²) in [7, 11) is 0. The summed E-state index contributed by atoms with van der Waals surface area (Å²) in [5, 5.41) is 4.37. The molecule has 0 amide bonds. The van der Waals surface area contributed by atoms with E-state index in [2.05, 4.69) is 28.2 Å². The first-order chi connectivity index (χ1) is 7.69. The van der Waals surface area contributed by atoms with Gasteiger partial charge in [-0.2, -0.15) is 0 Å². The van der Waals surface area contributed by atoms with Gasteiger partial charge in [0, 0.05) is 21.2 Å². The molecular formula is C13H17BrClN. The lowest BCUT2D eigenvalue weighted by Gasteiger charge is -2.15. The second-order valence-corrected chi connectivity index (χ2v) is 5.84. The molecule has 0 saturated heterocycles. The van der Waals surface area contributed by atoms with Crippen LogP contribution in [0, 0.1) is 5.92 Å². The first-order valence-corrected chi connectivity index (χ1v) is 7.07. The Hall–Kier alpha value is -0.210.